The van der Waals surface area contributed by atoms with Crippen LogP contribution in [0.2, 0.25) is 0 Å². The number of likely N-dealkylation sites (tertiary alicyclic amines) is 2. The summed E-state index contributed by atoms with van der Waals surface area (Å²) in [5.74, 6) is -3.51. The highest BCUT2D eigenvalue weighted by molar-refractivity contribution is 5.94. The molecule has 0 aromatic carbocycles. The van der Waals surface area contributed by atoms with Gasteiger partial charge in [-0.1, -0.05) is 27.7 Å². The Kier molecular flexibility index (Phi) is 6.67. The molecule has 9 nitrogen and oxygen atoms in total. The predicted molar refractivity (Wildman–Crippen MR) is 148 cm³/mol. The van der Waals surface area contributed by atoms with Crippen molar-refractivity contribution >= 4 is 11.8 Å². The molecule has 2 saturated heterocycles. The van der Waals surface area contributed by atoms with Gasteiger partial charge in [0, 0.05) is 65.5 Å². The van der Waals surface area contributed by atoms with E-state index in [-0.39, 0.29) is 70.7 Å². The van der Waals surface area contributed by atoms with Gasteiger partial charge >= 0.3 is 0 Å². The van der Waals surface area contributed by atoms with Crippen molar-refractivity contribution in [2.24, 2.45) is 16.7 Å². The van der Waals surface area contributed by atoms with Crippen LogP contribution >= 0.6 is 0 Å². The number of aromatic amines is 1. The second-order valence-electron chi connectivity index (χ2n) is 13.8. The first-order valence-electron chi connectivity index (χ1n) is 14.7. The number of methoxy groups -OCH3 is 1. The maximum absolute atomic E-state index is 14.4. The van der Waals surface area contributed by atoms with Gasteiger partial charge in [0.15, 0.2) is 11.5 Å². The van der Waals surface area contributed by atoms with Crippen LogP contribution in [0, 0.1) is 22.6 Å². The topological polar surface area (TPSA) is 103 Å². The van der Waals surface area contributed by atoms with E-state index < -0.39 is 17.3 Å². The summed E-state index contributed by atoms with van der Waals surface area (Å²) >= 11 is 0. The number of amides is 2. The number of hydrogen-bond donors (Lipinski definition) is 2. The molecular formula is C30H39F3N6O3. The third-order valence-corrected chi connectivity index (χ3v) is 10.2. The summed E-state index contributed by atoms with van der Waals surface area (Å²) in [5, 5.41) is 10.2. The van der Waals surface area contributed by atoms with Crippen molar-refractivity contribution in [3.63, 3.8) is 0 Å². The van der Waals surface area contributed by atoms with Crippen molar-refractivity contribution in [3.8, 4) is 17.1 Å². The Morgan fingerprint density at radius 3 is 2.43 bits per heavy atom. The Morgan fingerprint density at radius 1 is 1.10 bits per heavy atom. The Bertz CT molecular complexity index is 1390. The highest BCUT2D eigenvalue weighted by atomic mass is 19.3. The monoisotopic (exact) mass is 588 g/mol. The summed E-state index contributed by atoms with van der Waals surface area (Å²) in [4.78, 5) is 34.7. The van der Waals surface area contributed by atoms with Gasteiger partial charge < -0.3 is 15.0 Å². The van der Waals surface area contributed by atoms with Gasteiger partial charge in [-0.2, -0.15) is 5.10 Å². The van der Waals surface area contributed by atoms with Gasteiger partial charge in [0.25, 0.3) is 11.8 Å². The molecule has 1 atom stereocenters. The number of hydrogen-bond acceptors (Lipinski definition) is 6. The summed E-state index contributed by atoms with van der Waals surface area (Å²) in [6.45, 7) is 8.77. The average molecular weight is 589 g/mol. The second kappa shape index (κ2) is 9.68. The lowest BCUT2D eigenvalue weighted by Crippen LogP contribution is -2.77. The van der Waals surface area contributed by atoms with Crippen molar-refractivity contribution < 1.29 is 27.5 Å². The molecule has 4 aliphatic rings. The first-order chi connectivity index (χ1) is 19.7. The normalized spacial score (nSPS) is 28.8. The van der Waals surface area contributed by atoms with Gasteiger partial charge in [0.1, 0.15) is 0 Å². The standard InChI is InChI=1S/C30H39F3N6O3/c1-27(2)25(28(3,4)26(27)38-11-9-30(32,33)16-38)35-23(40)17-6-10-39(29(14-17)7-8-29)24(41)21-13-20(36-37-21)18-12-22(42-5)34-15-19(18)31/h12-13,15,17,25-26H,6-11,14,16H2,1-5H3,(H,35,40)(H,36,37)/t17-,25-,26-/m0/s1. The minimum atomic E-state index is -2.66. The largest absolute Gasteiger partial charge is 0.481 e. The van der Waals surface area contributed by atoms with Crippen molar-refractivity contribution in [2.45, 2.75) is 83.3 Å². The van der Waals surface area contributed by atoms with E-state index in [0.29, 0.717) is 31.6 Å². The number of piperidine rings is 1. The van der Waals surface area contributed by atoms with Crippen LogP contribution < -0.4 is 10.1 Å². The highest BCUT2D eigenvalue weighted by Crippen LogP contribution is 2.58. The molecule has 228 valence electrons. The Morgan fingerprint density at radius 2 is 1.81 bits per heavy atom. The van der Waals surface area contributed by atoms with Crippen LogP contribution in [0.3, 0.4) is 0 Å². The maximum atomic E-state index is 14.4. The minimum Gasteiger partial charge on any atom is -0.481 e. The average Bonchev–Trinajstić information content (AvgIpc) is 3.34. The molecule has 2 N–H and O–H groups in total. The van der Waals surface area contributed by atoms with Crippen LogP contribution in [-0.4, -0.2) is 87.1 Å². The number of ether oxygens (including phenoxy) is 1. The maximum Gasteiger partial charge on any atom is 0.274 e. The van der Waals surface area contributed by atoms with Crippen molar-refractivity contribution in [1.29, 1.82) is 0 Å². The molecule has 4 heterocycles. The first kappa shape index (κ1) is 28.9. The summed E-state index contributed by atoms with van der Waals surface area (Å²) in [5.41, 5.74) is -0.376. The van der Waals surface area contributed by atoms with Crippen molar-refractivity contribution in [3.05, 3.63) is 29.8 Å². The number of alkyl halides is 2. The smallest absolute Gasteiger partial charge is 0.274 e. The van der Waals surface area contributed by atoms with Crippen molar-refractivity contribution in [2.75, 3.05) is 26.7 Å². The predicted octanol–water partition coefficient (Wildman–Crippen LogP) is 4.26. The quantitative estimate of drug-likeness (QED) is 0.523. The fourth-order valence-corrected chi connectivity index (χ4v) is 8.49. The zero-order valence-electron chi connectivity index (χ0n) is 24.8. The van der Waals surface area contributed by atoms with Gasteiger partial charge in [0.2, 0.25) is 11.8 Å². The summed E-state index contributed by atoms with van der Waals surface area (Å²) in [7, 11) is 1.44. The number of halogens is 3. The molecule has 0 unspecified atom stereocenters. The van der Waals surface area contributed by atoms with Crippen molar-refractivity contribution in [1.82, 2.24) is 30.3 Å². The SMILES string of the molecule is COc1cc(-c2cc(C(=O)N3CC[C@H](C(=O)N[C@H]4C(C)(C)[C@H](N5CCC(F)(F)C5)C4(C)C)CC34CC4)n[nH]2)c(F)cn1. The third kappa shape index (κ3) is 4.66. The number of pyridine rings is 1. The zero-order chi connectivity index (χ0) is 30.2. The molecule has 2 saturated carbocycles. The van der Waals surface area contributed by atoms with Crippen LogP contribution in [0.15, 0.2) is 18.3 Å². The summed E-state index contributed by atoms with van der Waals surface area (Å²) in [6, 6.07) is 2.76. The lowest BCUT2D eigenvalue weighted by molar-refractivity contribution is -0.162. The van der Waals surface area contributed by atoms with Crippen LogP contribution in [0.4, 0.5) is 13.2 Å². The molecule has 2 aliphatic carbocycles. The molecule has 12 heteroatoms. The van der Waals surface area contributed by atoms with E-state index in [2.05, 4.69) is 48.2 Å². The minimum absolute atomic E-state index is 0.0334. The van der Waals surface area contributed by atoms with Crippen LogP contribution in [0.25, 0.3) is 11.3 Å². The van der Waals surface area contributed by atoms with E-state index in [1.165, 1.54) is 19.2 Å². The van der Waals surface area contributed by atoms with E-state index in [1.807, 2.05) is 9.80 Å². The van der Waals surface area contributed by atoms with Gasteiger partial charge in [-0.05, 0) is 31.7 Å². The third-order valence-electron chi connectivity index (χ3n) is 10.2. The summed E-state index contributed by atoms with van der Waals surface area (Å²) < 4.78 is 47.5. The van der Waals surface area contributed by atoms with Crippen LogP contribution in [0.5, 0.6) is 5.88 Å². The van der Waals surface area contributed by atoms with Gasteiger partial charge in [-0.3, -0.25) is 19.6 Å². The second-order valence-corrected chi connectivity index (χ2v) is 13.8. The highest BCUT2D eigenvalue weighted by Gasteiger charge is 2.66. The van der Waals surface area contributed by atoms with E-state index >= 15 is 0 Å². The van der Waals surface area contributed by atoms with Gasteiger partial charge in [0.05, 0.1) is 25.5 Å². The molecule has 6 rings (SSSR count). The summed E-state index contributed by atoms with van der Waals surface area (Å²) in [6.07, 6.45) is 3.63. The lowest BCUT2D eigenvalue weighted by atomic mass is 9.47. The Balaban J connectivity index is 1.11. The van der Waals surface area contributed by atoms with Crippen LogP contribution in [0.1, 0.15) is 70.3 Å². The number of rotatable bonds is 6. The van der Waals surface area contributed by atoms with E-state index in [9.17, 15) is 22.8 Å². The zero-order valence-corrected chi connectivity index (χ0v) is 24.8. The van der Waals surface area contributed by atoms with Gasteiger partial charge in [-0.15, -0.1) is 0 Å². The van der Waals surface area contributed by atoms with E-state index in [1.54, 1.807) is 0 Å². The van der Waals surface area contributed by atoms with E-state index in [0.717, 1.165) is 19.0 Å². The fourth-order valence-electron chi connectivity index (χ4n) is 8.49. The molecule has 1 spiro atoms. The molecule has 2 aliphatic heterocycles. The number of nitrogens with zero attached hydrogens (tertiary/aromatic N) is 4. The molecule has 2 aromatic rings. The van der Waals surface area contributed by atoms with Gasteiger partial charge in [-0.25, -0.2) is 18.2 Å². The molecule has 4 fully saturated rings. The van der Waals surface area contributed by atoms with Crippen LogP contribution in [-0.2, 0) is 4.79 Å². The molecule has 0 bridgehead atoms. The molecule has 42 heavy (non-hydrogen) atoms. The first-order valence-corrected chi connectivity index (χ1v) is 14.7. The number of carbonyl (C=O) groups is 2. The molecule has 2 amide bonds. The van der Waals surface area contributed by atoms with E-state index in [4.69, 9.17) is 4.74 Å². The number of carbonyl (C=O) groups excluding carboxylic acids is 2. The number of aromatic nitrogens is 3. The Labute approximate surface area is 243 Å². The molecule has 0 radical (unpaired) electrons. The molecular weight excluding hydrogens is 549 g/mol. The molecule has 2 aromatic heterocycles. The lowest BCUT2D eigenvalue weighted by Gasteiger charge is -2.67. The fraction of sp³-hybridized carbons (Fsp3) is 0.667. The number of nitrogens with one attached hydrogen (secondary N) is 2. The number of H-pyrrole nitrogens is 1. The Hall–Kier alpha value is -3.15.